The fourth-order valence-corrected chi connectivity index (χ4v) is 1.84. The van der Waals surface area contributed by atoms with E-state index in [0.29, 0.717) is 18.5 Å². The van der Waals surface area contributed by atoms with E-state index in [0.717, 1.165) is 4.47 Å². The number of hydrogen-bond acceptors (Lipinski definition) is 2. The molecule has 0 aromatic heterocycles. The van der Waals surface area contributed by atoms with Gasteiger partial charge in [0.2, 0.25) is 5.91 Å². The Labute approximate surface area is 120 Å². The molecule has 0 heterocycles. The molecule has 0 fully saturated rings. The summed E-state index contributed by atoms with van der Waals surface area (Å²) in [4.78, 5) is 11.5. The first kappa shape index (κ1) is 15.9. The Balaban J connectivity index is 2.52. The summed E-state index contributed by atoms with van der Waals surface area (Å²) >= 11 is 3.25. The molecule has 0 bridgehead atoms. The fourth-order valence-electron chi connectivity index (χ4n) is 1.46. The van der Waals surface area contributed by atoms with Crippen molar-refractivity contribution in [2.24, 2.45) is 5.92 Å². The van der Waals surface area contributed by atoms with Gasteiger partial charge in [-0.3, -0.25) is 4.79 Å². The van der Waals surface area contributed by atoms with Crippen molar-refractivity contribution in [2.45, 2.75) is 13.3 Å². The third kappa shape index (κ3) is 5.98. The number of amides is 1. The van der Waals surface area contributed by atoms with E-state index in [1.807, 2.05) is 6.92 Å². The van der Waals surface area contributed by atoms with Crippen LogP contribution in [0.25, 0.3) is 6.08 Å². The van der Waals surface area contributed by atoms with Gasteiger partial charge in [-0.25, -0.2) is 4.39 Å². The number of rotatable bonds is 6. The van der Waals surface area contributed by atoms with Gasteiger partial charge >= 0.3 is 0 Å². The third-order valence-electron chi connectivity index (χ3n) is 2.62. The van der Waals surface area contributed by atoms with Crippen molar-refractivity contribution in [3.63, 3.8) is 0 Å². The summed E-state index contributed by atoms with van der Waals surface area (Å²) in [5.74, 6) is -0.435. The normalized spacial score (nSPS) is 12.6. The minimum atomic E-state index is -0.374. The van der Waals surface area contributed by atoms with Gasteiger partial charge < -0.3 is 10.4 Å². The topological polar surface area (TPSA) is 49.3 Å². The zero-order valence-corrected chi connectivity index (χ0v) is 12.3. The van der Waals surface area contributed by atoms with Gasteiger partial charge in [-0.15, -0.1) is 0 Å². The quantitative estimate of drug-likeness (QED) is 0.788. The highest BCUT2D eigenvalue weighted by atomic mass is 79.9. The first-order valence-corrected chi connectivity index (χ1v) is 6.84. The number of hydrogen-bond donors (Lipinski definition) is 2. The second-order valence-electron chi connectivity index (χ2n) is 4.36. The lowest BCUT2D eigenvalue weighted by atomic mass is 10.1. The van der Waals surface area contributed by atoms with Gasteiger partial charge in [0, 0.05) is 29.3 Å². The van der Waals surface area contributed by atoms with Crippen LogP contribution in [0, 0.1) is 11.7 Å². The maximum atomic E-state index is 13.4. The first-order chi connectivity index (χ1) is 9.02. The van der Waals surface area contributed by atoms with E-state index < -0.39 is 0 Å². The van der Waals surface area contributed by atoms with Crippen LogP contribution < -0.4 is 5.32 Å². The molecule has 1 amide bonds. The van der Waals surface area contributed by atoms with Crippen molar-refractivity contribution >= 4 is 27.9 Å². The zero-order valence-electron chi connectivity index (χ0n) is 10.7. The highest BCUT2D eigenvalue weighted by molar-refractivity contribution is 9.10. The van der Waals surface area contributed by atoms with Crippen LogP contribution in [0.15, 0.2) is 28.7 Å². The van der Waals surface area contributed by atoms with Crippen molar-refractivity contribution in [1.29, 1.82) is 0 Å². The predicted octanol–water partition coefficient (Wildman–Crippen LogP) is 2.74. The van der Waals surface area contributed by atoms with Crippen LogP contribution in [-0.2, 0) is 4.79 Å². The average Bonchev–Trinajstić information content (AvgIpc) is 2.38. The molecule has 1 rings (SSSR count). The molecule has 2 N–H and O–H groups in total. The van der Waals surface area contributed by atoms with Crippen molar-refractivity contribution < 1.29 is 14.3 Å². The first-order valence-electron chi connectivity index (χ1n) is 6.04. The molecule has 3 nitrogen and oxygen atoms in total. The second-order valence-corrected chi connectivity index (χ2v) is 5.28. The number of aliphatic hydroxyl groups is 1. The summed E-state index contributed by atoms with van der Waals surface area (Å²) in [5.41, 5.74) is 0.355. The van der Waals surface area contributed by atoms with Crippen LogP contribution in [0.4, 0.5) is 4.39 Å². The van der Waals surface area contributed by atoms with Gasteiger partial charge in [0.15, 0.2) is 0 Å². The molecule has 0 aliphatic rings. The third-order valence-corrected chi connectivity index (χ3v) is 3.11. The van der Waals surface area contributed by atoms with E-state index >= 15 is 0 Å². The van der Waals surface area contributed by atoms with Crippen molar-refractivity contribution in [3.8, 4) is 0 Å². The molecule has 0 spiro atoms. The molecule has 0 saturated heterocycles. The molecular formula is C14H17BrFNO2. The van der Waals surface area contributed by atoms with Gasteiger partial charge in [-0.05, 0) is 36.6 Å². The van der Waals surface area contributed by atoms with E-state index in [1.165, 1.54) is 18.2 Å². The Bertz CT molecular complexity index is 463. The van der Waals surface area contributed by atoms with Crippen LogP contribution in [0.3, 0.4) is 0 Å². The number of carbonyl (C=O) groups excluding carboxylic acids is 1. The van der Waals surface area contributed by atoms with Crippen molar-refractivity contribution in [3.05, 3.63) is 40.1 Å². The molecule has 1 aromatic carbocycles. The molecule has 1 aromatic rings. The number of carbonyl (C=O) groups is 1. The summed E-state index contributed by atoms with van der Waals surface area (Å²) in [6.45, 7) is 2.54. The largest absolute Gasteiger partial charge is 0.396 e. The van der Waals surface area contributed by atoms with Crippen molar-refractivity contribution in [2.75, 3.05) is 13.2 Å². The molecular weight excluding hydrogens is 313 g/mol. The molecule has 5 heteroatoms. The number of aliphatic hydroxyl groups excluding tert-OH is 1. The van der Waals surface area contributed by atoms with Gasteiger partial charge in [0.25, 0.3) is 0 Å². The molecule has 0 aliphatic carbocycles. The maximum Gasteiger partial charge on any atom is 0.244 e. The van der Waals surface area contributed by atoms with Gasteiger partial charge in [-0.2, -0.15) is 0 Å². The Morgan fingerprint density at radius 1 is 1.58 bits per heavy atom. The minimum Gasteiger partial charge on any atom is -0.396 e. The summed E-state index contributed by atoms with van der Waals surface area (Å²) < 4.78 is 14.2. The Hall–Kier alpha value is -1.20. The number of halogens is 2. The maximum absolute atomic E-state index is 13.4. The molecule has 0 aliphatic heterocycles. The van der Waals surface area contributed by atoms with Crippen LogP contribution in [0.5, 0.6) is 0 Å². The predicted molar refractivity (Wildman–Crippen MR) is 77.0 cm³/mol. The molecule has 1 atom stereocenters. The minimum absolute atomic E-state index is 0.107. The standard InChI is InChI=1S/C14H17BrFNO2/c1-10(6-7-18)9-17-14(19)5-2-11-8-12(15)3-4-13(11)16/h2-5,8,10,18H,6-7,9H2,1H3,(H,17,19). The lowest BCUT2D eigenvalue weighted by molar-refractivity contribution is -0.116. The Morgan fingerprint density at radius 3 is 3.00 bits per heavy atom. The van der Waals surface area contributed by atoms with Crippen LogP contribution in [0.1, 0.15) is 18.9 Å². The molecule has 0 radical (unpaired) electrons. The highest BCUT2D eigenvalue weighted by Gasteiger charge is 2.03. The molecule has 1 unspecified atom stereocenters. The smallest absolute Gasteiger partial charge is 0.244 e. The summed E-state index contributed by atoms with van der Waals surface area (Å²) in [6, 6.07) is 4.54. The van der Waals surface area contributed by atoms with Gasteiger partial charge in [0.1, 0.15) is 5.82 Å². The van der Waals surface area contributed by atoms with E-state index in [2.05, 4.69) is 21.2 Å². The summed E-state index contributed by atoms with van der Waals surface area (Å²) in [6.07, 6.45) is 3.38. The van der Waals surface area contributed by atoms with Gasteiger partial charge in [0.05, 0.1) is 0 Å². The summed E-state index contributed by atoms with van der Waals surface area (Å²) in [7, 11) is 0. The Kier molecular flexibility index (Phi) is 6.73. The van der Waals surface area contributed by atoms with E-state index in [-0.39, 0.29) is 24.2 Å². The average molecular weight is 330 g/mol. The monoisotopic (exact) mass is 329 g/mol. The van der Waals surface area contributed by atoms with Crippen LogP contribution >= 0.6 is 15.9 Å². The lowest BCUT2D eigenvalue weighted by Crippen LogP contribution is -2.26. The van der Waals surface area contributed by atoms with Crippen LogP contribution in [-0.4, -0.2) is 24.2 Å². The van der Waals surface area contributed by atoms with E-state index in [4.69, 9.17) is 5.11 Å². The highest BCUT2D eigenvalue weighted by Crippen LogP contribution is 2.16. The molecule has 104 valence electrons. The molecule has 19 heavy (non-hydrogen) atoms. The number of benzene rings is 1. The van der Waals surface area contributed by atoms with Crippen LogP contribution in [0.2, 0.25) is 0 Å². The number of nitrogens with one attached hydrogen (secondary N) is 1. The SMILES string of the molecule is CC(CCO)CNC(=O)C=Cc1cc(Br)ccc1F. The van der Waals surface area contributed by atoms with E-state index in [1.54, 1.807) is 12.1 Å². The van der Waals surface area contributed by atoms with E-state index in [9.17, 15) is 9.18 Å². The van der Waals surface area contributed by atoms with Crippen molar-refractivity contribution in [1.82, 2.24) is 5.32 Å². The molecule has 0 saturated carbocycles. The fraction of sp³-hybridized carbons (Fsp3) is 0.357. The Morgan fingerprint density at radius 2 is 2.32 bits per heavy atom. The lowest BCUT2D eigenvalue weighted by Gasteiger charge is -2.09. The second kappa shape index (κ2) is 8.07. The summed E-state index contributed by atoms with van der Waals surface area (Å²) in [5, 5.41) is 11.4. The zero-order chi connectivity index (χ0) is 14.3. The van der Waals surface area contributed by atoms with Gasteiger partial charge in [-0.1, -0.05) is 22.9 Å².